The van der Waals surface area contributed by atoms with Gasteiger partial charge in [0.15, 0.2) is 0 Å². The van der Waals surface area contributed by atoms with Gasteiger partial charge in [-0.25, -0.2) is 10.2 Å². The number of methoxy groups -OCH3 is 2. The molecule has 0 bridgehead atoms. The van der Waals surface area contributed by atoms with Crippen LogP contribution in [-0.2, 0) is 4.74 Å². The average Bonchev–Trinajstić information content (AvgIpc) is 2.50. The number of benzene rings is 2. The molecule has 0 aliphatic rings. The zero-order valence-corrected chi connectivity index (χ0v) is 11.4. The molecule has 2 aromatic rings. The van der Waals surface area contributed by atoms with Gasteiger partial charge in [0.05, 0.1) is 19.9 Å². The van der Waals surface area contributed by atoms with Gasteiger partial charge in [0.1, 0.15) is 5.75 Å². The largest absolute Gasteiger partial charge is 0.497 e. The summed E-state index contributed by atoms with van der Waals surface area (Å²) in [7, 11) is 2.93. The molecule has 0 aliphatic carbocycles. The molecule has 0 fully saturated rings. The lowest BCUT2D eigenvalue weighted by molar-refractivity contribution is 0.168. The molecule has 0 saturated carbocycles. The Bertz CT molecular complexity index is 653. The molecule has 0 heterocycles. The van der Waals surface area contributed by atoms with E-state index in [1.54, 1.807) is 7.11 Å². The van der Waals surface area contributed by atoms with Gasteiger partial charge in [0.25, 0.3) is 0 Å². The van der Waals surface area contributed by atoms with E-state index in [0.29, 0.717) is 5.70 Å². The number of ether oxygens (including phenoxy) is 2. The lowest BCUT2D eigenvalue weighted by Crippen LogP contribution is -2.35. The summed E-state index contributed by atoms with van der Waals surface area (Å²) in [5.41, 5.74) is 6.51. The number of amides is 1. The highest BCUT2D eigenvalue weighted by atomic mass is 16.5. The fourth-order valence-electron chi connectivity index (χ4n) is 1.79. The molecule has 0 radical (unpaired) electrons. The second-order valence-corrected chi connectivity index (χ2v) is 4.15. The summed E-state index contributed by atoms with van der Waals surface area (Å²) in [6.07, 6.45) is -0.573. The third kappa shape index (κ3) is 3.00. The number of carbonyl (C=O) groups is 1. The van der Waals surface area contributed by atoms with E-state index in [4.69, 9.17) is 4.74 Å². The quantitative estimate of drug-likeness (QED) is 0.840. The van der Waals surface area contributed by atoms with Crippen LogP contribution in [0.3, 0.4) is 0 Å². The first kappa shape index (κ1) is 13.7. The standard InChI is InChI=1S/C15H16N2O3/c1-10(16-17-15(18)20-3)11-4-5-13-9-14(19-2)7-6-12(13)8-11/h4-9,16H,1H2,2-3H3,(H,17,18). The van der Waals surface area contributed by atoms with Crippen molar-refractivity contribution < 1.29 is 14.3 Å². The SMILES string of the molecule is C=C(NNC(=O)OC)c1ccc2cc(OC)ccc2c1. The van der Waals surface area contributed by atoms with Crippen molar-refractivity contribution in [1.82, 2.24) is 10.9 Å². The Kier molecular flexibility index (Phi) is 4.10. The van der Waals surface area contributed by atoms with Gasteiger partial charge in [-0.15, -0.1) is 0 Å². The highest BCUT2D eigenvalue weighted by molar-refractivity contribution is 5.87. The molecule has 1 amide bonds. The molecule has 104 valence electrons. The van der Waals surface area contributed by atoms with Gasteiger partial charge in [0, 0.05) is 0 Å². The molecule has 0 aliphatic heterocycles. The second-order valence-electron chi connectivity index (χ2n) is 4.15. The van der Waals surface area contributed by atoms with Crippen LogP contribution in [0.4, 0.5) is 4.79 Å². The highest BCUT2D eigenvalue weighted by Gasteiger charge is 2.03. The summed E-state index contributed by atoms with van der Waals surface area (Å²) in [6.45, 7) is 3.87. The van der Waals surface area contributed by atoms with Crippen molar-refractivity contribution in [3.05, 3.63) is 48.5 Å². The zero-order valence-electron chi connectivity index (χ0n) is 11.4. The highest BCUT2D eigenvalue weighted by Crippen LogP contribution is 2.23. The van der Waals surface area contributed by atoms with Gasteiger partial charge in [-0.05, 0) is 34.5 Å². The molecule has 5 nitrogen and oxygen atoms in total. The van der Waals surface area contributed by atoms with E-state index in [2.05, 4.69) is 22.2 Å². The van der Waals surface area contributed by atoms with Crippen molar-refractivity contribution in [2.45, 2.75) is 0 Å². The first-order chi connectivity index (χ1) is 9.63. The van der Waals surface area contributed by atoms with Crippen LogP contribution in [0, 0.1) is 0 Å². The summed E-state index contributed by atoms with van der Waals surface area (Å²) < 4.78 is 9.65. The van der Waals surface area contributed by atoms with E-state index in [1.807, 2.05) is 36.4 Å². The maximum absolute atomic E-state index is 11.0. The number of hydrogen-bond donors (Lipinski definition) is 2. The summed E-state index contributed by atoms with van der Waals surface area (Å²) in [4.78, 5) is 11.0. The maximum atomic E-state index is 11.0. The molecule has 0 aromatic heterocycles. The minimum absolute atomic E-state index is 0.573. The van der Waals surface area contributed by atoms with Gasteiger partial charge < -0.3 is 9.47 Å². The molecule has 5 heteroatoms. The summed E-state index contributed by atoms with van der Waals surface area (Å²) in [5, 5.41) is 2.13. The number of fused-ring (bicyclic) bond motifs is 1. The van der Waals surface area contributed by atoms with E-state index >= 15 is 0 Å². The normalized spacial score (nSPS) is 9.90. The Hall–Kier alpha value is -2.69. The summed E-state index contributed by atoms with van der Waals surface area (Å²) >= 11 is 0. The molecule has 2 rings (SSSR count). The zero-order chi connectivity index (χ0) is 14.5. The molecule has 0 spiro atoms. The van der Waals surface area contributed by atoms with Crippen molar-refractivity contribution in [3.8, 4) is 5.75 Å². The molecule has 0 saturated heterocycles. The van der Waals surface area contributed by atoms with Crippen molar-refractivity contribution in [2.24, 2.45) is 0 Å². The molecule has 0 unspecified atom stereocenters. The van der Waals surface area contributed by atoms with Crippen LogP contribution in [0.15, 0.2) is 43.0 Å². The molecular weight excluding hydrogens is 256 g/mol. The minimum Gasteiger partial charge on any atom is -0.497 e. The van der Waals surface area contributed by atoms with Gasteiger partial charge in [-0.2, -0.15) is 0 Å². The van der Waals surface area contributed by atoms with Crippen molar-refractivity contribution >= 4 is 22.6 Å². The predicted molar refractivity (Wildman–Crippen MR) is 78.2 cm³/mol. The van der Waals surface area contributed by atoms with Gasteiger partial charge in [-0.3, -0.25) is 5.43 Å². The van der Waals surface area contributed by atoms with Gasteiger partial charge in [-0.1, -0.05) is 24.8 Å². The van der Waals surface area contributed by atoms with Crippen LogP contribution in [0.1, 0.15) is 5.56 Å². The first-order valence-electron chi connectivity index (χ1n) is 6.01. The Morgan fingerprint density at radius 2 is 1.75 bits per heavy atom. The third-order valence-corrected chi connectivity index (χ3v) is 2.90. The number of rotatable bonds is 4. The Balaban J connectivity index is 2.19. The first-order valence-corrected chi connectivity index (χ1v) is 6.01. The van der Waals surface area contributed by atoms with Gasteiger partial charge in [0.2, 0.25) is 0 Å². The van der Waals surface area contributed by atoms with Crippen LogP contribution in [0.2, 0.25) is 0 Å². The molecule has 20 heavy (non-hydrogen) atoms. The number of hydrogen-bond acceptors (Lipinski definition) is 4. The van der Waals surface area contributed by atoms with Crippen LogP contribution in [0.25, 0.3) is 16.5 Å². The Morgan fingerprint density at radius 1 is 1.05 bits per heavy atom. The maximum Gasteiger partial charge on any atom is 0.425 e. The van der Waals surface area contributed by atoms with E-state index in [-0.39, 0.29) is 0 Å². The lowest BCUT2D eigenvalue weighted by Gasteiger charge is -2.11. The number of carbonyl (C=O) groups excluding carboxylic acids is 1. The van der Waals surface area contributed by atoms with Crippen molar-refractivity contribution in [3.63, 3.8) is 0 Å². The van der Waals surface area contributed by atoms with E-state index in [0.717, 1.165) is 22.1 Å². The fourth-order valence-corrected chi connectivity index (χ4v) is 1.79. The van der Waals surface area contributed by atoms with E-state index in [1.165, 1.54) is 7.11 Å². The topological polar surface area (TPSA) is 59.6 Å². The average molecular weight is 272 g/mol. The van der Waals surface area contributed by atoms with Crippen LogP contribution >= 0.6 is 0 Å². The molecule has 0 atom stereocenters. The van der Waals surface area contributed by atoms with Crippen LogP contribution in [0.5, 0.6) is 5.75 Å². The fraction of sp³-hybridized carbons (Fsp3) is 0.133. The lowest BCUT2D eigenvalue weighted by atomic mass is 10.1. The van der Waals surface area contributed by atoms with Crippen molar-refractivity contribution in [1.29, 1.82) is 0 Å². The predicted octanol–water partition coefficient (Wildman–Crippen LogP) is 2.68. The number of hydrazine groups is 1. The van der Waals surface area contributed by atoms with Crippen molar-refractivity contribution in [2.75, 3.05) is 14.2 Å². The number of nitrogens with one attached hydrogen (secondary N) is 2. The van der Waals surface area contributed by atoms with E-state index < -0.39 is 6.09 Å². The van der Waals surface area contributed by atoms with Crippen LogP contribution in [-0.4, -0.2) is 20.3 Å². The molecule has 2 aromatic carbocycles. The Morgan fingerprint density at radius 3 is 2.45 bits per heavy atom. The molecule has 2 N–H and O–H groups in total. The monoisotopic (exact) mass is 272 g/mol. The van der Waals surface area contributed by atoms with E-state index in [9.17, 15) is 4.79 Å². The second kappa shape index (κ2) is 5.97. The summed E-state index contributed by atoms with van der Waals surface area (Å²) in [6, 6.07) is 11.7. The smallest absolute Gasteiger partial charge is 0.425 e. The third-order valence-electron chi connectivity index (χ3n) is 2.90. The molecular formula is C15H16N2O3. The minimum atomic E-state index is -0.573. The van der Waals surface area contributed by atoms with Gasteiger partial charge >= 0.3 is 6.09 Å². The Labute approximate surface area is 117 Å². The summed E-state index contributed by atoms with van der Waals surface area (Å²) in [5.74, 6) is 0.814. The van der Waals surface area contributed by atoms with Crippen LogP contribution < -0.4 is 15.6 Å².